The summed E-state index contributed by atoms with van der Waals surface area (Å²) in [7, 11) is 0. The third kappa shape index (κ3) is 5.06. The number of aromatic nitrogens is 1. The molecule has 3 aromatic rings. The van der Waals surface area contributed by atoms with E-state index < -0.39 is 17.8 Å². The maximum atomic E-state index is 12.3. The third-order valence-corrected chi connectivity index (χ3v) is 4.46. The topological polar surface area (TPSA) is 126 Å². The van der Waals surface area contributed by atoms with Crippen molar-refractivity contribution in [1.82, 2.24) is 4.98 Å². The smallest absolute Gasteiger partial charge is 0.325 e. The minimum atomic E-state index is -0.552. The van der Waals surface area contributed by atoms with Gasteiger partial charge in [-0.25, -0.2) is 9.78 Å². The van der Waals surface area contributed by atoms with Crippen molar-refractivity contribution in [1.29, 1.82) is 0 Å². The van der Waals surface area contributed by atoms with Crippen LogP contribution in [0.25, 0.3) is 0 Å². The number of amides is 4. The molecule has 28 heavy (non-hydrogen) atoms. The minimum Gasteiger partial charge on any atom is -0.366 e. The highest BCUT2D eigenvalue weighted by Crippen LogP contribution is 2.19. The lowest BCUT2D eigenvalue weighted by atomic mass is 10.2. The number of halogens is 1. The van der Waals surface area contributed by atoms with E-state index in [0.29, 0.717) is 22.0 Å². The molecular weight excluding hydrogens is 402 g/mol. The molecule has 0 aliphatic rings. The van der Waals surface area contributed by atoms with Crippen LogP contribution in [0.2, 0.25) is 5.02 Å². The second kappa shape index (κ2) is 8.51. The average Bonchev–Trinajstić information content (AvgIpc) is 3.10. The molecule has 3 rings (SSSR count). The van der Waals surface area contributed by atoms with E-state index in [1.165, 1.54) is 17.5 Å². The van der Waals surface area contributed by atoms with Crippen LogP contribution in [0.1, 0.15) is 20.8 Å². The molecule has 8 nitrogen and oxygen atoms in total. The average molecular weight is 416 g/mol. The van der Waals surface area contributed by atoms with Gasteiger partial charge in [0.2, 0.25) is 5.91 Å². The first-order chi connectivity index (χ1) is 13.4. The van der Waals surface area contributed by atoms with Gasteiger partial charge in [-0.1, -0.05) is 17.7 Å². The van der Waals surface area contributed by atoms with Crippen molar-refractivity contribution in [3.63, 3.8) is 0 Å². The predicted molar refractivity (Wildman–Crippen MR) is 109 cm³/mol. The summed E-state index contributed by atoms with van der Waals surface area (Å²) in [6.45, 7) is 0. The van der Waals surface area contributed by atoms with E-state index in [0.717, 1.165) is 11.3 Å². The van der Waals surface area contributed by atoms with Gasteiger partial charge in [-0.15, -0.1) is 11.3 Å². The molecule has 0 saturated heterocycles. The number of benzene rings is 2. The lowest BCUT2D eigenvalue weighted by molar-refractivity contribution is 0.0998. The van der Waals surface area contributed by atoms with Crippen LogP contribution in [-0.4, -0.2) is 22.8 Å². The summed E-state index contributed by atoms with van der Waals surface area (Å²) in [5.74, 6) is -1.00. The van der Waals surface area contributed by atoms with Gasteiger partial charge in [0.1, 0.15) is 5.69 Å². The van der Waals surface area contributed by atoms with Crippen LogP contribution in [0.5, 0.6) is 0 Å². The molecule has 142 valence electrons. The fourth-order valence-corrected chi connectivity index (χ4v) is 3.05. The number of rotatable bonds is 5. The Hall–Kier alpha value is -3.43. The van der Waals surface area contributed by atoms with Crippen molar-refractivity contribution in [3.8, 4) is 0 Å². The summed E-state index contributed by atoms with van der Waals surface area (Å²) in [4.78, 5) is 39.4. The van der Waals surface area contributed by atoms with Gasteiger partial charge in [0.25, 0.3) is 5.91 Å². The van der Waals surface area contributed by atoms with E-state index in [2.05, 4.69) is 20.9 Å². The maximum absolute atomic E-state index is 12.3. The van der Waals surface area contributed by atoms with E-state index >= 15 is 0 Å². The Balaban J connectivity index is 1.59. The summed E-state index contributed by atoms with van der Waals surface area (Å²) in [5.41, 5.74) is 6.66. The van der Waals surface area contributed by atoms with Crippen molar-refractivity contribution < 1.29 is 14.4 Å². The lowest BCUT2D eigenvalue weighted by Gasteiger charge is -2.05. The highest BCUT2D eigenvalue weighted by atomic mass is 35.5. The zero-order chi connectivity index (χ0) is 20.1. The summed E-state index contributed by atoms with van der Waals surface area (Å²) >= 11 is 6.97. The van der Waals surface area contributed by atoms with Crippen LogP contribution >= 0.6 is 22.9 Å². The number of primary amides is 1. The van der Waals surface area contributed by atoms with Crippen LogP contribution in [0.4, 0.5) is 21.3 Å². The van der Waals surface area contributed by atoms with Gasteiger partial charge in [0.15, 0.2) is 5.13 Å². The van der Waals surface area contributed by atoms with Crippen LogP contribution in [0.3, 0.4) is 0 Å². The first kappa shape index (κ1) is 19.3. The molecule has 4 amide bonds. The molecule has 0 unspecified atom stereocenters. The van der Waals surface area contributed by atoms with E-state index in [9.17, 15) is 14.4 Å². The SMILES string of the molecule is NC(=O)c1ccc(NC(=O)c2csc(NC(=O)Nc3cccc(Cl)c3)n2)cc1. The Kier molecular flexibility index (Phi) is 5.87. The largest absolute Gasteiger partial charge is 0.366 e. The number of nitrogens with zero attached hydrogens (tertiary/aromatic N) is 1. The zero-order valence-corrected chi connectivity index (χ0v) is 15.8. The predicted octanol–water partition coefficient (Wildman–Crippen LogP) is 3.79. The molecule has 0 spiro atoms. The molecule has 5 N–H and O–H groups in total. The van der Waals surface area contributed by atoms with Crippen molar-refractivity contribution in [3.05, 3.63) is 70.2 Å². The number of hydrogen-bond acceptors (Lipinski definition) is 5. The fourth-order valence-electron chi connectivity index (χ4n) is 2.17. The number of nitrogens with two attached hydrogens (primary N) is 1. The highest BCUT2D eigenvalue weighted by Gasteiger charge is 2.13. The minimum absolute atomic E-state index is 0.141. The van der Waals surface area contributed by atoms with Crippen molar-refractivity contribution in [2.24, 2.45) is 5.73 Å². The molecule has 0 fully saturated rings. The Morgan fingerprint density at radius 3 is 2.39 bits per heavy atom. The van der Waals surface area contributed by atoms with Crippen molar-refractivity contribution >= 4 is 57.3 Å². The van der Waals surface area contributed by atoms with Gasteiger partial charge in [0, 0.05) is 27.3 Å². The quantitative estimate of drug-likeness (QED) is 0.505. The van der Waals surface area contributed by atoms with Gasteiger partial charge in [-0.2, -0.15) is 0 Å². The van der Waals surface area contributed by atoms with Crippen molar-refractivity contribution in [2.75, 3.05) is 16.0 Å². The van der Waals surface area contributed by atoms with Crippen LogP contribution in [-0.2, 0) is 0 Å². The second-order valence-corrected chi connectivity index (χ2v) is 6.82. The standard InChI is InChI=1S/C18H14ClN5O3S/c19-11-2-1-3-13(8-11)22-17(27)24-18-23-14(9-28-18)16(26)21-12-6-4-10(5-7-12)15(20)25/h1-9H,(H2,20,25)(H,21,26)(H2,22,23,24,27). The molecule has 1 aromatic heterocycles. The lowest BCUT2D eigenvalue weighted by Crippen LogP contribution is -2.19. The molecule has 0 saturated carbocycles. The van der Waals surface area contributed by atoms with Crippen LogP contribution in [0, 0.1) is 0 Å². The summed E-state index contributed by atoms with van der Waals surface area (Å²) in [6.07, 6.45) is 0. The van der Waals surface area contributed by atoms with Crippen LogP contribution < -0.4 is 21.7 Å². The van der Waals surface area contributed by atoms with Gasteiger partial charge in [0.05, 0.1) is 0 Å². The number of hydrogen-bond donors (Lipinski definition) is 4. The molecule has 0 aliphatic heterocycles. The molecule has 10 heteroatoms. The van der Waals surface area contributed by atoms with E-state index in [1.807, 2.05) is 0 Å². The third-order valence-electron chi connectivity index (χ3n) is 3.47. The normalized spacial score (nSPS) is 10.2. The Morgan fingerprint density at radius 1 is 0.964 bits per heavy atom. The molecule has 1 heterocycles. The number of thiazole rings is 1. The number of carbonyl (C=O) groups is 3. The summed E-state index contributed by atoms with van der Waals surface area (Å²) < 4.78 is 0. The van der Waals surface area contributed by atoms with Gasteiger partial charge < -0.3 is 16.4 Å². The van der Waals surface area contributed by atoms with Gasteiger partial charge in [-0.3, -0.25) is 14.9 Å². The number of urea groups is 1. The summed E-state index contributed by atoms with van der Waals surface area (Å²) in [5, 5.41) is 10.1. The molecule has 0 radical (unpaired) electrons. The summed E-state index contributed by atoms with van der Waals surface area (Å²) in [6, 6.07) is 12.3. The first-order valence-electron chi connectivity index (χ1n) is 7.91. The maximum Gasteiger partial charge on any atom is 0.325 e. The number of carbonyl (C=O) groups excluding carboxylic acids is 3. The van der Waals surface area contributed by atoms with Gasteiger partial charge >= 0.3 is 6.03 Å². The molecule has 0 atom stereocenters. The molecule has 2 aromatic carbocycles. The van der Waals surface area contributed by atoms with E-state index in [1.54, 1.807) is 36.4 Å². The fraction of sp³-hybridized carbons (Fsp3) is 0. The number of nitrogens with one attached hydrogen (secondary N) is 3. The Labute approximate surface area is 168 Å². The second-order valence-electron chi connectivity index (χ2n) is 5.52. The van der Waals surface area contributed by atoms with E-state index in [-0.39, 0.29) is 10.8 Å². The highest BCUT2D eigenvalue weighted by molar-refractivity contribution is 7.14. The Morgan fingerprint density at radius 2 is 1.71 bits per heavy atom. The Bertz CT molecular complexity index is 1040. The van der Waals surface area contributed by atoms with Crippen molar-refractivity contribution in [2.45, 2.75) is 0 Å². The first-order valence-corrected chi connectivity index (χ1v) is 9.17. The van der Waals surface area contributed by atoms with Crippen LogP contribution in [0.15, 0.2) is 53.9 Å². The number of anilines is 3. The zero-order valence-electron chi connectivity index (χ0n) is 14.2. The molecule has 0 bridgehead atoms. The monoisotopic (exact) mass is 415 g/mol. The molecule has 0 aliphatic carbocycles. The van der Waals surface area contributed by atoms with Gasteiger partial charge in [-0.05, 0) is 42.5 Å². The molecular formula is C18H14ClN5O3S. The van der Waals surface area contributed by atoms with E-state index in [4.69, 9.17) is 17.3 Å².